The van der Waals surface area contributed by atoms with Crippen molar-refractivity contribution < 1.29 is 19.4 Å². The van der Waals surface area contributed by atoms with E-state index in [0.29, 0.717) is 28.1 Å². The highest BCUT2D eigenvalue weighted by Crippen LogP contribution is 2.53. The molecular formula is C35H43N3O4. The Balaban J connectivity index is 1.26. The number of anilines is 1. The Bertz CT molecular complexity index is 1390. The largest absolute Gasteiger partial charge is 0.392 e. The molecule has 1 amide bonds. The normalized spacial score (nSPS) is 30.6. The fourth-order valence-electron chi connectivity index (χ4n) is 7.81. The van der Waals surface area contributed by atoms with E-state index in [4.69, 9.17) is 9.47 Å². The van der Waals surface area contributed by atoms with Crippen LogP contribution in [0.5, 0.6) is 0 Å². The van der Waals surface area contributed by atoms with Crippen molar-refractivity contribution >= 4 is 11.6 Å². The molecule has 2 unspecified atom stereocenters. The molecule has 3 heterocycles. The minimum Gasteiger partial charge on any atom is -0.392 e. The first-order chi connectivity index (χ1) is 20.1. The second-order valence-corrected chi connectivity index (χ2v) is 13.8. The van der Waals surface area contributed by atoms with Gasteiger partial charge in [0.15, 0.2) is 6.29 Å². The predicted octanol–water partition coefficient (Wildman–Crippen LogP) is 6.52. The lowest BCUT2D eigenvalue weighted by atomic mass is 9.65. The number of pyridine rings is 1. The van der Waals surface area contributed by atoms with Crippen molar-refractivity contribution in [1.29, 1.82) is 0 Å². The van der Waals surface area contributed by atoms with Crippen LogP contribution in [0.25, 0.3) is 0 Å². The molecule has 2 saturated heterocycles. The quantitative estimate of drug-likeness (QED) is 0.337. The zero-order chi connectivity index (χ0) is 29.5. The molecule has 3 aliphatic rings. The number of aliphatic hydroxyl groups excluding tert-OH is 1. The Kier molecular flexibility index (Phi) is 7.96. The summed E-state index contributed by atoms with van der Waals surface area (Å²) >= 11 is 0. The van der Waals surface area contributed by atoms with Gasteiger partial charge in [0.2, 0.25) is 0 Å². The maximum absolute atomic E-state index is 12.8. The molecule has 2 aromatic carbocycles. The average molecular weight is 570 g/mol. The molecule has 0 spiro atoms. The maximum atomic E-state index is 12.8. The smallest absolute Gasteiger partial charge is 0.257 e. The van der Waals surface area contributed by atoms with E-state index in [1.54, 1.807) is 24.5 Å². The van der Waals surface area contributed by atoms with Crippen molar-refractivity contribution in [3.8, 4) is 0 Å². The van der Waals surface area contributed by atoms with Crippen molar-refractivity contribution in [2.75, 3.05) is 18.4 Å². The first-order valence-electron chi connectivity index (χ1n) is 15.2. The number of rotatable bonds is 7. The van der Waals surface area contributed by atoms with Gasteiger partial charge in [-0.05, 0) is 65.5 Å². The lowest BCUT2D eigenvalue weighted by Crippen LogP contribution is -2.46. The molecule has 7 heteroatoms. The number of nitrogens with one attached hydrogen (secondary N) is 1. The molecular weight excluding hydrogens is 526 g/mol. The van der Waals surface area contributed by atoms with Crippen molar-refractivity contribution in [3.05, 3.63) is 95.3 Å². The summed E-state index contributed by atoms with van der Waals surface area (Å²) in [7, 11) is 0. The second kappa shape index (κ2) is 11.5. The lowest BCUT2D eigenvalue weighted by molar-refractivity contribution is -0.276. The molecule has 42 heavy (non-hydrogen) atoms. The first-order valence-corrected chi connectivity index (χ1v) is 15.2. The van der Waals surface area contributed by atoms with Crippen LogP contribution >= 0.6 is 0 Å². The highest BCUT2D eigenvalue weighted by Gasteiger charge is 2.51. The van der Waals surface area contributed by atoms with E-state index >= 15 is 0 Å². The van der Waals surface area contributed by atoms with Crippen LogP contribution in [-0.2, 0) is 16.1 Å². The number of carbonyl (C=O) groups is 1. The van der Waals surface area contributed by atoms with Crippen molar-refractivity contribution in [2.24, 2.45) is 16.7 Å². The standard InChI is InChI=1S/C35H43N3O4/c1-23-30(19-38-22-35(4)17-29(38)16-34(2,3)21-35)41-33(42-31(23)25-12-10-24(20-39)11-13-25)26-7-5-9-28(15-26)37-32(40)27-8-6-14-36-18-27/h5-15,18,23,29-31,33,39H,16-17,19-22H2,1-4H3,(H,37,40)/t23-,29?,30+,31+,33+,35?/m0/s1. The highest BCUT2D eigenvalue weighted by atomic mass is 16.7. The number of carbonyl (C=O) groups excluding carboxylic acids is 1. The van der Waals surface area contributed by atoms with E-state index in [1.165, 1.54) is 19.3 Å². The van der Waals surface area contributed by atoms with Crippen molar-refractivity contribution in [2.45, 2.75) is 78.1 Å². The van der Waals surface area contributed by atoms with Crippen LogP contribution in [0, 0.1) is 16.7 Å². The number of aromatic nitrogens is 1. The van der Waals surface area contributed by atoms with Gasteiger partial charge in [0, 0.05) is 48.7 Å². The number of fused-ring (bicyclic) bond motifs is 2. The van der Waals surface area contributed by atoms with Crippen LogP contribution in [0.15, 0.2) is 73.1 Å². The molecule has 2 N–H and O–H groups in total. The molecule has 1 saturated carbocycles. The maximum Gasteiger partial charge on any atom is 0.257 e. The van der Waals surface area contributed by atoms with Gasteiger partial charge in [0.1, 0.15) is 0 Å². The summed E-state index contributed by atoms with van der Waals surface area (Å²) in [6.45, 7) is 11.5. The van der Waals surface area contributed by atoms with Gasteiger partial charge in [-0.3, -0.25) is 14.7 Å². The minimum atomic E-state index is -0.585. The molecule has 7 nitrogen and oxygen atoms in total. The highest BCUT2D eigenvalue weighted by molar-refractivity contribution is 6.04. The van der Waals surface area contributed by atoms with Gasteiger partial charge < -0.3 is 19.9 Å². The Morgan fingerprint density at radius 3 is 2.60 bits per heavy atom. The molecule has 1 aromatic heterocycles. The predicted molar refractivity (Wildman–Crippen MR) is 163 cm³/mol. The first kappa shape index (κ1) is 29.0. The van der Waals surface area contributed by atoms with Gasteiger partial charge in [-0.25, -0.2) is 0 Å². The fraction of sp³-hybridized carbons (Fsp3) is 0.486. The number of ether oxygens (including phenoxy) is 2. The molecule has 2 aliphatic heterocycles. The summed E-state index contributed by atoms with van der Waals surface area (Å²) in [5.74, 6) is -0.0911. The summed E-state index contributed by atoms with van der Waals surface area (Å²) in [5, 5.41) is 12.6. The van der Waals surface area contributed by atoms with Gasteiger partial charge in [0.25, 0.3) is 5.91 Å². The van der Waals surface area contributed by atoms with Gasteiger partial charge in [-0.2, -0.15) is 0 Å². The third-order valence-corrected chi connectivity index (χ3v) is 9.40. The van der Waals surface area contributed by atoms with E-state index in [2.05, 4.69) is 55.0 Å². The van der Waals surface area contributed by atoms with E-state index in [9.17, 15) is 9.90 Å². The SMILES string of the molecule is C[C@H]1[C@@H](CN2CC3(C)CC2CC(C)(C)C3)O[C@@H](c2cccc(NC(=O)c3cccnc3)c2)O[C@H]1c1ccc(CO)cc1. The number of likely N-dealkylation sites (tertiary alicyclic amines) is 1. The molecule has 2 bridgehead atoms. The Labute approximate surface area is 249 Å². The van der Waals surface area contributed by atoms with Crippen LogP contribution < -0.4 is 5.32 Å². The third-order valence-electron chi connectivity index (χ3n) is 9.40. The third kappa shape index (κ3) is 6.16. The minimum absolute atomic E-state index is 0.0126. The summed E-state index contributed by atoms with van der Waals surface area (Å²) < 4.78 is 13.5. The zero-order valence-electron chi connectivity index (χ0n) is 25.1. The van der Waals surface area contributed by atoms with E-state index < -0.39 is 6.29 Å². The Morgan fingerprint density at radius 1 is 1.05 bits per heavy atom. The van der Waals surface area contributed by atoms with Crippen LogP contribution in [-0.4, -0.2) is 46.1 Å². The van der Waals surface area contributed by atoms with Crippen molar-refractivity contribution in [3.63, 3.8) is 0 Å². The number of hydrogen-bond donors (Lipinski definition) is 2. The van der Waals surface area contributed by atoms with Gasteiger partial charge in [0.05, 0.1) is 24.4 Å². The van der Waals surface area contributed by atoms with E-state index in [1.807, 2.05) is 36.4 Å². The van der Waals surface area contributed by atoms with Crippen LogP contribution in [0.4, 0.5) is 5.69 Å². The zero-order valence-corrected chi connectivity index (χ0v) is 25.1. The summed E-state index contributed by atoms with van der Waals surface area (Å²) in [4.78, 5) is 19.5. The van der Waals surface area contributed by atoms with Crippen LogP contribution in [0.1, 0.15) is 86.4 Å². The van der Waals surface area contributed by atoms with E-state index in [-0.39, 0.29) is 30.6 Å². The average Bonchev–Trinajstić information content (AvgIpc) is 3.21. The molecule has 1 aliphatic carbocycles. The summed E-state index contributed by atoms with van der Waals surface area (Å²) in [6, 6.07) is 19.8. The molecule has 6 rings (SSSR count). The monoisotopic (exact) mass is 569 g/mol. The molecule has 222 valence electrons. The number of aliphatic hydroxyl groups is 1. The fourth-order valence-corrected chi connectivity index (χ4v) is 7.81. The van der Waals surface area contributed by atoms with Crippen LogP contribution in [0.2, 0.25) is 0 Å². The number of hydrogen-bond acceptors (Lipinski definition) is 6. The number of benzene rings is 2. The molecule has 6 atom stereocenters. The van der Waals surface area contributed by atoms with Crippen molar-refractivity contribution in [1.82, 2.24) is 9.88 Å². The van der Waals surface area contributed by atoms with Gasteiger partial charge in [-0.15, -0.1) is 0 Å². The molecule has 3 aromatic rings. The topological polar surface area (TPSA) is 83.9 Å². The van der Waals surface area contributed by atoms with Gasteiger partial charge in [-0.1, -0.05) is 64.1 Å². The number of amides is 1. The number of nitrogens with zero attached hydrogens (tertiary/aromatic N) is 2. The summed E-state index contributed by atoms with van der Waals surface area (Å²) in [6.07, 6.45) is 6.14. The summed E-state index contributed by atoms with van der Waals surface area (Å²) in [5.41, 5.74) is 4.70. The van der Waals surface area contributed by atoms with Gasteiger partial charge >= 0.3 is 0 Å². The van der Waals surface area contributed by atoms with E-state index in [0.717, 1.165) is 29.8 Å². The second-order valence-electron chi connectivity index (χ2n) is 13.8. The van der Waals surface area contributed by atoms with Crippen LogP contribution in [0.3, 0.4) is 0 Å². The lowest BCUT2D eigenvalue weighted by Gasteiger charge is -2.43. The Morgan fingerprint density at radius 2 is 1.86 bits per heavy atom. The molecule has 3 fully saturated rings. The Hall–Kier alpha value is -3.10. The molecule has 0 radical (unpaired) electrons.